The molecule has 0 fully saturated rings. The van der Waals surface area contributed by atoms with Gasteiger partial charge in [0.15, 0.2) is 0 Å². The second kappa shape index (κ2) is 6.47. The lowest BCUT2D eigenvalue weighted by Crippen LogP contribution is -2.13. The molecule has 0 aromatic heterocycles. The van der Waals surface area contributed by atoms with E-state index in [0.29, 0.717) is 15.7 Å². The quantitative estimate of drug-likeness (QED) is 0.654. The van der Waals surface area contributed by atoms with E-state index >= 15 is 0 Å². The number of para-hydroxylation sites is 1. The van der Waals surface area contributed by atoms with Crippen LogP contribution in [0.25, 0.3) is 0 Å². The Morgan fingerprint density at radius 1 is 1.29 bits per heavy atom. The third-order valence-electron chi connectivity index (χ3n) is 2.84. The van der Waals surface area contributed by atoms with Crippen molar-refractivity contribution in [1.29, 1.82) is 0 Å². The average molecular weight is 351 g/mol. The fourth-order valence-electron chi connectivity index (χ4n) is 1.77. The minimum atomic E-state index is -0.567. The van der Waals surface area contributed by atoms with E-state index in [1.165, 1.54) is 18.2 Å². The van der Waals surface area contributed by atoms with Crippen LogP contribution in [-0.4, -0.2) is 15.9 Å². The maximum Gasteiger partial charge on any atom is 0.284 e. The minimum absolute atomic E-state index is 0.164. The molecule has 0 aliphatic carbocycles. The number of hydrogen-bond acceptors (Lipinski definition) is 4. The van der Waals surface area contributed by atoms with Gasteiger partial charge in [-0.25, -0.2) is 0 Å². The highest BCUT2D eigenvalue weighted by atomic mass is 79.9. The lowest BCUT2D eigenvalue weighted by molar-refractivity contribution is -0.385. The van der Waals surface area contributed by atoms with E-state index in [1.54, 1.807) is 24.3 Å². The highest BCUT2D eigenvalue weighted by Crippen LogP contribution is 2.26. The normalized spacial score (nSPS) is 10.2. The summed E-state index contributed by atoms with van der Waals surface area (Å²) in [6, 6.07) is 10.9. The Balaban J connectivity index is 2.29. The number of nitrogens with zero attached hydrogens (tertiary/aromatic N) is 1. The number of nitro groups is 1. The fourth-order valence-corrected chi connectivity index (χ4v) is 2.16. The number of rotatable bonds is 4. The predicted octanol–water partition coefficient (Wildman–Crippen LogP) is 3.10. The van der Waals surface area contributed by atoms with E-state index in [2.05, 4.69) is 21.2 Å². The zero-order valence-electron chi connectivity index (χ0n) is 10.7. The van der Waals surface area contributed by atoms with Gasteiger partial charge in [-0.05, 0) is 34.1 Å². The Labute approximate surface area is 128 Å². The van der Waals surface area contributed by atoms with Gasteiger partial charge in [0, 0.05) is 22.9 Å². The predicted molar refractivity (Wildman–Crippen MR) is 81.1 cm³/mol. The molecule has 0 saturated carbocycles. The number of aliphatic hydroxyl groups is 1. The summed E-state index contributed by atoms with van der Waals surface area (Å²) in [5, 5.41) is 22.7. The molecule has 1 amide bonds. The van der Waals surface area contributed by atoms with Gasteiger partial charge in [0.05, 0.1) is 16.0 Å². The van der Waals surface area contributed by atoms with Crippen LogP contribution < -0.4 is 5.32 Å². The van der Waals surface area contributed by atoms with Gasteiger partial charge in [0.25, 0.3) is 11.6 Å². The van der Waals surface area contributed by atoms with Crippen LogP contribution in [0, 0.1) is 10.1 Å². The van der Waals surface area contributed by atoms with Crippen molar-refractivity contribution < 1.29 is 14.8 Å². The topological polar surface area (TPSA) is 92.5 Å². The number of benzene rings is 2. The van der Waals surface area contributed by atoms with Gasteiger partial charge in [-0.1, -0.05) is 18.2 Å². The van der Waals surface area contributed by atoms with Crippen LogP contribution in [-0.2, 0) is 6.61 Å². The summed E-state index contributed by atoms with van der Waals surface area (Å²) in [5.41, 5.74) is 1.02. The maximum absolute atomic E-state index is 12.1. The smallest absolute Gasteiger partial charge is 0.284 e. The molecular weight excluding hydrogens is 340 g/mol. The van der Waals surface area contributed by atoms with Crippen LogP contribution in [0.2, 0.25) is 0 Å². The molecule has 0 heterocycles. The number of halogens is 1. The van der Waals surface area contributed by atoms with E-state index in [9.17, 15) is 20.0 Å². The third-order valence-corrected chi connectivity index (χ3v) is 3.51. The SMILES string of the molecule is O=C(Nc1ccccc1CO)c1ccc(Br)c([N+](=O)[O-])c1. The number of carbonyl (C=O) groups is 1. The van der Waals surface area contributed by atoms with E-state index in [4.69, 9.17) is 0 Å². The van der Waals surface area contributed by atoms with Crippen molar-refractivity contribution >= 4 is 33.2 Å². The molecule has 0 unspecified atom stereocenters. The summed E-state index contributed by atoms with van der Waals surface area (Å²) in [7, 11) is 0. The van der Waals surface area contributed by atoms with Crippen molar-refractivity contribution in [3.8, 4) is 0 Å². The first kappa shape index (κ1) is 15.1. The number of amides is 1. The van der Waals surface area contributed by atoms with Crippen LogP contribution >= 0.6 is 15.9 Å². The molecule has 0 aliphatic heterocycles. The Kier molecular flexibility index (Phi) is 4.66. The first-order valence-electron chi connectivity index (χ1n) is 5.97. The number of nitro benzene ring substituents is 1. The van der Waals surface area contributed by atoms with Crippen molar-refractivity contribution in [1.82, 2.24) is 0 Å². The highest BCUT2D eigenvalue weighted by Gasteiger charge is 2.16. The summed E-state index contributed by atoms with van der Waals surface area (Å²) in [6.07, 6.45) is 0. The lowest BCUT2D eigenvalue weighted by atomic mass is 10.1. The molecule has 7 heteroatoms. The summed E-state index contributed by atoms with van der Waals surface area (Å²) in [6.45, 7) is -0.211. The monoisotopic (exact) mass is 350 g/mol. The third kappa shape index (κ3) is 3.45. The number of nitrogens with one attached hydrogen (secondary N) is 1. The largest absolute Gasteiger partial charge is 0.392 e. The van der Waals surface area contributed by atoms with Gasteiger partial charge in [-0.15, -0.1) is 0 Å². The zero-order chi connectivity index (χ0) is 15.4. The second-order valence-corrected chi connectivity index (χ2v) is 5.05. The summed E-state index contributed by atoms with van der Waals surface area (Å²) in [5.74, 6) is -0.480. The Morgan fingerprint density at radius 2 is 2.00 bits per heavy atom. The number of aliphatic hydroxyl groups excluding tert-OH is 1. The highest BCUT2D eigenvalue weighted by molar-refractivity contribution is 9.10. The van der Waals surface area contributed by atoms with Gasteiger partial charge in [-0.2, -0.15) is 0 Å². The van der Waals surface area contributed by atoms with E-state index in [-0.39, 0.29) is 17.9 Å². The molecule has 2 aromatic carbocycles. The standard InChI is InChI=1S/C14H11BrN2O4/c15-11-6-5-9(7-13(11)17(20)21)14(19)16-12-4-2-1-3-10(12)8-18/h1-7,18H,8H2,(H,16,19). The van der Waals surface area contributed by atoms with Crippen molar-refractivity contribution in [3.05, 3.63) is 68.2 Å². The van der Waals surface area contributed by atoms with Crippen molar-refractivity contribution in [2.45, 2.75) is 6.61 Å². The first-order valence-corrected chi connectivity index (χ1v) is 6.76. The van der Waals surface area contributed by atoms with Gasteiger partial charge in [-0.3, -0.25) is 14.9 Å². The van der Waals surface area contributed by atoms with Crippen LogP contribution in [0.15, 0.2) is 46.9 Å². The van der Waals surface area contributed by atoms with Crippen LogP contribution in [0.4, 0.5) is 11.4 Å². The maximum atomic E-state index is 12.1. The van der Waals surface area contributed by atoms with Crippen LogP contribution in [0.1, 0.15) is 15.9 Å². The molecule has 0 spiro atoms. The summed E-state index contributed by atoms with van der Waals surface area (Å²) in [4.78, 5) is 22.4. The number of anilines is 1. The zero-order valence-corrected chi connectivity index (χ0v) is 12.3. The molecule has 0 aliphatic rings. The van der Waals surface area contributed by atoms with E-state index < -0.39 is 10.8 Å². The minimum Gasteiger partial charge on any atom is -0.392 e. The second-order valence-electron chi connectivity index (χ2n) is 4.19. The van der Waals surface area contributed by atoms with Crippen molar-refractivity contribution in [2.24, 2.45) is 0 Å². The molecule has 21 heavy (non-hydrogen) atoms. The molecule has 108 valence electrons. The van der Waals surface area contributed by atoms with Gasteiger partial charge in [0.1, 0.15) is 0 Å². The van der Waals surface area contributed by atoms with Crippen LogP contribution in [0.3, 0.4) is 0 Å². The fraction of sp³-hybridized carbons (Fsp3) is 0.0714. The van der Waals surface area contributed by atoms with E-state index in [1.807, 2.05) is 0 Å². The number of hydrogen-bond donors (Lipinski definition) is 2. The first-order chi connectivity index (χ1) is 10.0. The van der Waals surface area contributed by atoms with Crippen molar-refractivity contribution in [3.63, 3.8) is 0 Å². The summed E-state index contributed by atoms with van der Waals surface area (Å²) < 4.78 is 0.305. The van der Waals surface area contributed by atoms with Gasteiger partial charge >= 0.3 is 0 Å². The molecule has 2 aromatic rings. The molecule has 0 bridgehead atoms. The molecule has 6 nitrogen and oxygen atoms in total. The van der Waals surface area contributed by atoms with Crippen molar-refractivity contribution in [2.75, 3.05) is 5.32 Å². The van der Waals surface area contributed by atoms with Crippen LogP contribution in [0.5, 0.6) is 0 Å². The molecule has 0 saturated heterocycles. The Hall–Kier alpha value is -2.25. The average Bonchev–Trinajstić information content (AvgIpc) is 2.47. The molecule has 0 radical (unpaired) electrons. The van der Waals surface area contributed by atoms with Gasteiger partial charge in [0.2, 0.25) is 0 Å². The summed E-state index contributed by atoms with van der Waals surface area (Å²) >= 11 is 3.06. The molecule has 2 N–H and O–H groups in total. The lowest BCUT2D eigenvalue weighted by Gasteiger charge is -2.09. The Bertz CT molecular complexity index is 703. The van der Waals surface area contributed by atoms with E-state index in [0.717, 1.165) is 0 Å². The van der Waals surface area contributed by atoms with Gasteiger partial charge < -0.3 is 10.4 Å². The number of carbonyl (C=O) groups excluding carboxylic acids is 1. The molecular formula is C14H11BrN2O4. The molecule has 0 atom stereocenters. The Morgan fingerprint density at radius 3 is 2.67 bits per heavy atom. The molecule has 2 rings (SSSR count).